The minimum atomic E-state index is -0.477. The number of carbonyl (C=O) groups excluding carboxylic acids is 2. The molecule has 1 saturated heterocycles. The molecule has 0 saturated carbocycles. The number of imide groups is 1. The van der Waals surface area contributed by atoms with Gasteiger partial charge in [-0.1, -0.05) is 42.5 Å². The van der Waals surface area contributed by atoms with Gasteiger partial charge in [0.1, 0.15) is 11.5 Å². The Hall–Kier alpha value is -3.65. The van der Waals surface area contributed by atoms with E-state index in [4.69, 9.17) is 4.42 Å². The standard InChI is InChI=1S/C22H16N2O5S/c25-21-20(30-22(26)23(21)13-12-15-6-2-1-3-7-15)14-16-10-11-19(29-16)17-8-4-5-9-18(17)24(27)28/h1-11,14H,12-13H2/b20-14-. The number of carbonyl (C=O) groups is 2. The smallest absolute Gasteiger partial charge is 0.293 e. The molecule has 3 aromatic rings. The second-order valence-electron chi connectivity index (χ2n) is 6.55. The van der Waals surface area contributed by atoms with Crippen LogP contribution in [0.15, 0.2) is 76.1 Å². The summed E-state index contributed by atoms with van der Waals surface area (Å²) in [4.78, 5) is 37.1. The van der Waals surface area contributed by atoms with E-state index in [9.17, 15) is 19.7 Å². The Morgan fingerprint density at radius 3 is 2.50 bits per heavy atom. The van der Waals surface area contributed by atoms with Crippen LogP contribution in [0.1, 0.15) is 11.3 Å². The summed E-state index contributed by atoms with van der Waals surface area (Å²) in [6.45, 7) is 0.297. The molecular formula is C22H16N2O5S. The summed E-state index contributed by atoms with van der Waals surface area (Å²) in [5.74, 6) is 0.290. The Bertz CT molecular complexity index is 1150. The van der Waals surface area contributed by atoms with Crippen LogP contribution in [-0.2, 0) is 11.2 Å². The van der Waals surface area contributed by atoms with Gasteiger partial charge in [-0.25, -0.2) is 0 Å². The molecule has 30 heavy (non-hydrogen) atoms. The van der Waals surface area contributed by atoms with E-state index in [0.29, 0.717) is 30.0 Å². The van der Waals surface area contributed by atoms with Crippen molar-refractivity contribution in [2.45, 2.75) is 6.42 Å². The van der Waals surface area contributed by atoms with Crippen molar-refractivity contribution < 1.29 is 18.9 Å². The van der Waals surface area contributed by atoms with E-state index in [1.54, 1.807) is 30.3 Å². The third-order valence-corrected chi connectivity index (χ3v) is 5.51. The van der Waals surface area contributed by atoms with Crippen LogP contribution in [-0.4, -0.2) is 27.5 Å². The van der Waals surface area contributed by atoms with Crippen molar-refractivity contribution in [3.63, 3.8) is 0 Å². The number of nitro groups is 1. The largest absolute Gasteiger partial charge is 0.456 e. The molecule has 4 rings (SSSR count). The maximum atomic E-state index is 12.6. The number of furan rings is 1. The molecule has 1 fully saturated rings. The zero-order valence-corrected chi connectivity index (χ0v) is 16.5. The molecule has 2 heterocycles. The Labute approximate surface area is 176 Å². The molecular weight excluding hydrogens is 404 g/mol. The van der Waals surface area contributed by atoms with Gasteiger partial charge in [-0.05, 0) is 41.9 Å². The Kier molecular flexibility index (Phi) is 5.49. The Balaban J connectivity index is 1.51. The number of rotatable bonds is 6. The van der Waals surface area contributed by atoms with Crippen LogP contribution in [0, 0.1) is 10.1 Å². The fourth-order valence-electron chi connectivity index (χ4n) is 3.12. The highest BCUT2D eigenvalue weighted by molar-refractivity contribution is 8.18. The lowest BCUT2D eigenvalue weighted by atomic mass is 10.1. The fourth-order valence-corrected chi connectivity index (χ4v) is 3.97. The Morgan fingerprint density at radius 1 is 1.00 bits per heavy atom. The topological polar surface area (TPSA) is 93.7 Å². The van der Waals surface area contributed by atoms with Gasteiger partial charge in [-0.15, -0.1) is 0 Å². The van der Waals surface area contributed by atoms with Crippen LogP contribution in [0.2, 0.25) is 0 Å². The lowest BCUT2D eigenvalue weighted by Gasteiger charge is -2.11. The third kappa shape index (κ3) is 4.04. The average Bonchev–Trinajstić information content (AvgIpc) is 3.32. The molecule has 2 amide bonds. The molecule has 0 spiro atoms. The van der Waals surface area contributed by atoms with Crippen molar-refractivity contribution in [3.05, 3.63) is 93.1 Å². The minimum Gasteiger partial charge on any atom is -0.456 e. The summed E-state index contributed by atoms with van der Waals surface area (Å²) in [6.07, 6.45) is 2.07. The molecule has 8 heteroatoms. The SMILES string of the molecule is O=C1S/C(=C\c2ccc(-c3ccccc3[N+](=O)[O-])o2)C(=O)N1CCc1ccccc1. The Morgan fingerprint density at radius 2 is 1.73 bits per heavy atom. The van der Waals surface area contributed by atoms with Crippen molar-refractivity contribution in [1.82, 2.24) is 4.90 Å². The van der Waals surface area contributed by atoms with Crippen molar-refractivity contribution in [2.75, 3.05) is 6.54 Å². The van der Waals surface area contributed by atoms with Crippen LogP contribution < -0.4 is 0 Å². The van der Waals surface area contributed by atoms with Gasteiger partial charge in [-0.2, -0.15) is 0 Å². The summed E-state index contributed by atoms with van der Waals surface area (Å²) in [6, 6.07) is 19.1. The zero-order chi connectivity index (χ0) is 21.1. The molecule has 0 atom stereocenters. The predicted octanol–water partition coefficient (Wildman–Crippen LogP) is 5.13. The number of para-hydroxylation sites is 1. The molecule has 0 N–H and O–H groups in total. The predicted molar refractivity (Wildman–Crippen MR) is 114 cm³/mol. The number of nitro benzene ring substituents is 1. The number of nitrogens with zero attached hydrogens (tertiary/aromatic N) is 2. The van der Waals surface area contributed by atoms with E-state index in [0.717, 1.165) is 17.3 Å². The van der Waals surface area contributed by atoms with Gasteiger partial charge < -0.3 is 4.42 Å². The minimum absolute atomic E-state index is 0.0698. The maximum Gasteiger partial charge on any atom is 0.293 e. The van der Waals surface area contributed by atoms with Gasteiger partial charge in [0.05, 0.1) is 15.4 Å². The first-order valence-electron chi connectivity index (χ1n) is 9.16. The van der Waals surface area contributed by atoms with E-state index >= 15 is 0 Å². The second-order valence-corrected chi connectivity index (χ2v) is 7.54. The highest BCUT2D eigenvalue weighted by Crippen LogP contribution is 2.35. The summed E-state index contributed by atoms with van der Waals surface area (Å²) in [5.41, 5.74) is 1.32. The molecule has 2 aromatic carbocycles. The lowest BCUT2D eigenvalue weighted by Crippen LogP contribution is -2.30. The van der Waals surface area contributed by atoms with Crippen LogP contribution in [0.4, 0.5) is 10.5 Å². The highest BCUT2D eigenvalue weighted by atomic mass is 32.2. The van der Waals surface area contributed by atoms with E-state index < -0.39 is 4.92 Å². The van der Waals surface area contributed by atoms with E-state index in [1.165, 1.54) is 17.0 Å². The second kappa shape index (κ2) is 8.38. The fraction of sp³-hybridized carbons (Fsp3) is 0.0909. The van der Waals surface area contributed by atoms with E-state index in [-0.39, 0.29) is 21.7 Å². The van der Waals surface area contributed by atoms with Crippen molar-refractivity contribution in [2.24, 2.45) is 0 Å². The molecule has 0 radical (unpaired) electrons. The van der Waals surface area contributed by atoms with Crippen molar-refractivity contribution in [3.8, 4) is 11.3 Å². The molecule has 0 unspecified atom stereocenters. The van der Waals surface area contributed by atoms with Gasteiger partial charge in [-0.3, -0.25) is 24.6 Å². The number of thioether (sulfide) groups is 1. The summed E-state index contributed by atoms with van der Waals surface area (Å²) in [5, 5.41) is 10.9. The first-order chi connectivity index (χ1) is 14.5. The summed E-state index contributed by atoms with van der Waals surface area (Å²) in [7, 11) is 0. The monoisotopic (exact) mass is 420 g/mol. The normalized spacial score (nSPS) is 15.2. The number of benzene rings is 2. The van der Waals surface area contributed by atoms with Crippen LogP contribution in [0.25, 0.3) is 17.4 Å². The molecule has 1 aromatic heterocycles. The number of hydrogen-bond donors (Lipinski definition) is 0. The molecule has 7 nitrogen and oxygen atoms in total. The molecule has 1 aliphatic heterocycles. The van der Waals surface area contributed by atoms with Crippen LogP contribution in [0.5, 0.6) is 0 Å². The quantitative estimate of drug-likeness (QED) is 0.312. The lowest BCUT2D eigenvalue weighted by molar-refractivity contribution is -0.384. The van der Waals surface area contributed by atoms with Gasteiger partial charge in [0.15, 0.2) is 0 Å². The molecule has 0 aliphatic carbocycles. The summed E-state index contributed by atoms with van der Waals surface area (Å²) >= 11 is 0.855. The summed E-state index contributed by atoms with van der Waals surface area (Å²) < 4.78 is 5.69. The number of hydrogen-bond acceptors (Lipinski definition) is 6. The van der Waals surface area contributed by atoms with Gasteiger partial charge in [0, 0.05) is 18.7 Å². The van der Waals surface area contributed by atoms with Gasteiger partial charge >= 0.3 is 0 Å². The first kappa shape index (κ1) is 19.7. The number of amides is 2. The van der Waals surface area contributed by atoms with Crippen LogP contribution in [0.3, 0.4) is 0 Å². The average molecular weight is 420 g/mol. The van der Waals surface area contributed by atoms with Crippen molar-refractivity contribution in [1.29, 1.82) is 0 Å². The zero-order valence-electron chi connectivity index (χ0n) is 15.7. The first-order valence-corrected chi connectivity index (χ1v) is 9.97. The van der Waals surface area contributed by atoms with Gasteiger partial charge in [0.2, 0.25) is 0 Å². The molecule has 150 valence electrons. The van der Waals surface area contributed by atoms with Crippen LogP contribution >= 0.6 is 11.8 Å². The van der Waals surface area contributed by atoms with Crippen molar-refractivity contribution >= 4 is 34.7 Å². The van der Waals surface area contributed by atoms with Gasteiger partial charge in [0.25, 0.3) is 16.8 Å². The highest BCUT2D eigenvalue weighted by Gasteiger charge is 2.35. The maximum absolute atomic E-state index is 12.6. The van der Waals surface area contributed by atoms with E-state index in [1.807, 2.05) is 30.3 Å². The molecule has 1 aliphatic rings. The third-order valence-electron chi connectivity index (χ3n) is 4.61. The van der Waals surface area contributed by atoms with E-state index in [2.05, 4.69) is 0 Å². The molecule has 0 bridgehead atoms.